The first-order valence-electron chi connectivity index (χ1n) is 3.78. The summed E-state index contributed by atoms with van der Waals surface area (Å²) in [6.45, 7) is 0. The van der Waals surface area contributed by atoms with Gasteiger partial charge in [0.2, 0.25) is 0 Å². The third-order valence-corrected chi connectivity index (χ3v) is 1.94. The van der Waals surface area contributed by atoms with Gasteiger partial charge in [0.05, 0.1) is 24.1 Å². The molecule has 1 aromatic heterocycles. The second-order valence-corrected chi connectivity index (χ2v) is 2.93. The second-order valence-electron chi connectivity index (χ2n) is 2.52. The Labute approximate surface area is 86.1 Å². The van der Waals surface area contributed by atoms with E-state index in [1.807, 2.05) is 6.07 Å². The van der Waals surface area contributed by atoms with Crippen molar-refractivity contribution in [2.45, 2.75) is 6.42 Å². The minimum absolute atomic E-state index is 0.00690. The quantitative estimate of drug-likeness (QED) is 0.691. The summed E-state index contributed by atoms with van der Waals surface area (Å²) in [5.74, 6) is -0.425. The number of nitrogens with zero attached hydrogens (tertiary/aromatic N) is 2. The van der Waals surface area contributed by atoms with E-state index in [1.165, 1.54) is 19.5 Å². The Morgan fingerprint density at radius 3 is 3.00 bits per heavy atom. The van der Waals surface area contributed by atoms with Gasteiger partial charge in [-0.15, -0.1) is 0 Å². The van der Waals surface area contributed by atoms with Crippen LogP contribution < -0.4 is 0 Å². The lowest BCUT2D eigenvalue weighted by molar-refractivity contribution is -0.139. The molecule has 0 N–H and O–H groups in total. The van der Waals surface area contributed by atoms with Crippen molar-refractivity contribution in [1.29, 1.82) is 5.26 Å². The zero-order chi connectivity index (χ0) is 10.6. The molecule has 0 saturated heterocycles. The highest BCUT2D eigenvalue weighted by Gasteiger charge is 2.11. The van der Waals surface area contributed by atoms with Gasteiger partial charge in [-0.2, -0.15) is 5.26 Å². The number of hydrogen-bond donors (Lipinski definition) is 0. The summed E-state index contributed by atoms with van der Waals surface area (Å²) < 4.78 is 4.47. The molecule has 0 atom stereocenters. The molecule has 1 heterocycles. The van der Waals surface area contributed by atoms with Gasteiger partial charge in [0.25, 0.3) is 0 Å². The highest BCUT2D eigenvalue weighted by molar-refractivity contribution is 6.31. The summed E-state index contributed by atoms with van der Waals surface area (Å²) in [7, 11) is 1.28. The van der Waals surface area contributed by atoms with Crippen LogP contribution in [0.25, 0.3) is 0 Å². The van der Waals surface area contributed by atoms with E-state index in [-0.39, 0.29) is 17.0 Å². The van der Waals surface area contributed by atoms with Crippen LogP contribution in [0.5, 0.6) is 0 Å². The Morgan fingerprint density at radius 2 is 2.43 bits per heavy atom. The minimum atomic E-state index is -0.425. The molecule has 0 aromatic carbocycles. The lowest BCUT2D eigenvalue weighted by Gasteiger charge is -2.02. The van der Waals surface area contributed by atoms with E-state index in [4.69, 9.17) is 16.9 Å². The molecule has 0 aliphatic carbocycles. The van der Waals surface area contributed by atoms with Gasteiger partial charge in [0.1, 0.15) is 6.07 Å². The molecule has 0 amide bonds. The van der Waals surface area contributed by atoms with Crippen molar-refractivity contribution in [3.63, 3.8) is 0 Å². The molecule has 0 spiro atoms. The van der Waals surface area contributed by atoms with Crippen molar-refractivity contribution in [2.24, 2.45) is 0 Å². The number of halogens is 1. The summed E-state index contributed by atoms with van der Waals surface area (Å²) in [6.07, 6.45) is 2.80. The normalized spacial score (nSPS) is 9.21. The summed E-state index contributed by atoms with van der Waals surface area (Å²) in [6, 6.07) is 1.91. The first-order chi connectivity index (χ1) is 6.69. The van der Waals surface area contributed by atoms with E-state index in [1.54, 1.807) is 0 Å². The lowest BCUT2D eigenvalue weighted by Crippen LogP contribution is -2.06. The predicted molar refractivity (Wildman–Crippen MR) is 49.7 cm³/mol. The molecule has 0 bridgehead atoms. The average Bonchev–Trinajstić information content (AvgIpc) is 2.18. The Morgan fingerprint density at radius 1 is 1.71 bits per heavy atom. The van der Waals surface area contributed by atoms with Crippen LogP contribution in [-0.4, -0.2) is 18.1 Å². The predicted octanol–water partition coefficient (Wildman–Crippen LogP) is 1.32. The van der Waals surface area contributed by atoms with Gasteiger partial charge < -0.3 is 4.74 Å². The molecule has 4 nitrogen and oxygen atoms in total. The van der Waals surface area contributed by atoms with Gasteiger partial charge in [-0.25, -0.2) is 0 Å². The van der Waals surface area contributed by atoms with Crippen LogP contribution in [0, 0.1) is 11.3 Å². The van der Waals surface area contributed by atoms with E-state index >= 15 is 0 Å². The van der Waals surface area contributed by atoms with Gasteiger partial charge in [-0.05, 0) is 0 Å². The summed E-state index contributed by atoms with van der Waals surface area (Å²) >= 11 is 5.72. The number of rotatable bonds is 2. The van der Waals surface area contributed by atoms with Crippen LogP contribution in [0.4, 0.5) is 0 Å². The fraction of sp³-hybridized carbons (Fsp3) is 0.222. The van der Waals surface area contributed by atoms with E-state index in [2.05, 4.69) is 9.72 Å². The number of pyridine rings is 1. The third-order valence-electron chi connectivity index (χ3n) is 1.65. The average molecular weight is 211 g/mol. The minimum Gasteiger partial charge on any atom is -0.469 e. The van der Waals surface area contributed by atoms with Crippen LogP contribution >= 0.6 is 11.6 Å². The van der Waals surface area contributed by atoms with Gasteiger partial charge in [-0.1, -0.05) is 11.6 Å². The molecule has 0 aliphatic rings. The maximum Gasteiger partial charge on any atom is 0.310 e. The molecule has 5 heteroatoms. The first kappa shape index (κ1) is 10.5. The van der Waals surface area contributed by atoms with Crippen molar-refractivity contribution in [3.8, 4) is 6.07 Å². The number of aromatic nitrogens is 1. The standard InChI is InChI=1S/C9H7ClN2O2/c1-14-9(13)2-6-4-12-5-8(10)7(6)3-11/h4-5H,2H2,1H3. The van der Waals surface area contributed by atoms with Crippen LogP contribution in [0.2, 0.25) is 5.02 Å². The molecule has 1 aromatic rings. The number of carbonyl (C=O) groups is 1. The molecule has 14 heavy (non-hydrogen) atoms. The Kier molecular flexibility index (Phi) is 3.43. The largest absolute Gasteiger partial charge is 0.469 e. The van der Waals surface area contributed by atoms with Crippen LogP contribution in [0.1, 0.15) is 11.1 Å². The topological polar surface area (TPSA) is 63.0 Å². The van der Waals surface area contributed by atoms with Crippen molar-refractivity contribution < 1.29 is 9.53 Å². The van der Waals surface area contributed by atoms with E-state index in [9.17, 15) is 4.79 Å². The molecule has 72 valence electrons. The zero-order valence-corrected chi connectivity index (χ0v) is 8.21. The van der Waals surface area contributed by atoms with Gasteiger partial charge in [0, 0.05) is 18.0 Å². The highest BCUT2D eigenvalue weighted by atomic mass is 35.5. The molecular weight excluding hydrogens is 204 g/mol. The Balaban J connectivity index is 3.04. The first-order valence-corrected chi connectivity index (χ1v) is 4.16. The van der Waals surface area contributed by atoms with Gasteiger partial charge >= 0.3 is 5.97 Å². The number of hydrogen-bond acceptors (Lipinski definition) is 4. The van der Waals surface area contributed by atoms with E-state index in [0.29, 0.717) is 5.56 Å². The van der Waals surface area contributed by atoms with Crippen molar-refractivity contribution in [1.82, 2.24) is 4.98 Å². The van der Waals surface area contributed by atoms with Crippen molar-refractivity contribution in [2.75, 3.05) is 7.11 Å². The molecule has 0 fully saturated rings. The lowest BCUT2D eigenvalue weighted by atomic mass is 10.1. The maximum atomic E-state index is 11.0. The smallest absolute Gasteiger partial charge is 0.310 e. The number of ether oxygens (including phenoxy) is 1. The summed E-state index contributed by atoms with van der Waals surface area (Å²) in [5.41, 5.74) is 0.749. The number of esters is 1. The van der Waals surface area contributed by atoms with Crippen LogP contribution in [0.3, 0.4) is 0 Å². The molecular formula is C9H7ClN2O2. The Hall–Kier alpha value is -1.60. The monoisotopic (exact) mass is 210 g/mol. The molecule has 1 rings (SSSR count). The van der Waals surface area contributed by atoms with Crippen molar-refractivity contribution >= 4 is 17.6 Å². The summed E-state index contributed by atoms with van der Waals surface area (Å²) in [5, 5.41) is 9.01. The molecule has 0 saturated carbocycles. The number of nitriles is 1. The highest BCUT2D eigenvalue weighted by Crippen LogP contribution is 2.17. The maximum absolute atomic E-state index is 11.0. The fourth-order valence-electron chi connectivity index (χ4n) is 0.962. The van der Waals surface area contributed by atoms with Crippen LogP contribution in [-0.2, 0) is 16.0 Å². The Bertz CT molecular complexity index is 398. The van der Waals surface area contributed by atoms with E-state index in [0.717, 1.165) is 0 Å². The van der Waals surface area contributed by atoms with Gasteiger partial charge in [-0.3, -0.25) is 9.78 Å². The van der Waals surface area contributed by atoms with E-state index < -0.39 is 5.97 Å². The van der Waals surface area contributed by atoms with Gasteiger partial charge in [0.15, 0.2) is 0 Å². The fourth-order valence-corrected chi connectivity index (χ4v) is 1.18. The molecule has 0 unspecified atom stereocenters. The second kappa shape index (κ2) is 4.58. The third kappa shape index (κ3) is 2.21. The number of methoxy groups -OCH3 is 1. The van der Waals surface area contributed by atoms with Crippen molar-refractivity contribution in [3.05, 3.63) is 28.5 Å². The molecule has 0 radical (unpaired) electrons. The van der Waals surface area contributed by atoms with Crippen LogP contribution in [0.15, 0.2) is 12.4 Å². The molecule has 0 aliphatic heterocycles. The summed E-state index contributed by atoms with van der Waals surface area (Å²) in [4.78, 5) is 14.7. The number of carbonyl (C=O) groups excluding carboxylic acids is 1. The zero-order valence-electron chi connectivity index (χ0n) is 7.45. The SMILES string of the molecule is COC(=O)Cc1cncc(Cl)c1C#N.